The SMILES string of the molecule is COc1ccc(Cn2cc(-c3cc(C(F)F)nc(S(=O)CCC(Cc4ccccc4F)c4ccccc4)n3)ccc2=O)cc1F. The third kappa shape index (κ3) is 7.91. The van der Waals surface area contributed by atoms with Gasteiger partial charge in [0.25, 0.3) is 12.0 Å². The van der Waals surface area contributed by atoms with Gasteiger partial charge >= 0.3 is 0 Å². The van der Waals surface area contributed by atoms with Crippen molar-refractivity contribution in [3.63, 3.8) is 0 Å². The maximum atomic E-state index is 14.5. The zero-order chi connectivity index (χ0) is 31.9. The summed E-state index contributed by atoms with van der Waals surface area (Å²) in [5.74, 6) is -1.02. The summed E-state index contributed by atoms with van der Waals surface area (Å²) in [4.78, 5) is 20.9. The second kappa shape index (κ2) is 14.4. The predicted molar refractivity (Wildman–Crippen MR) is 164 cm³/mol. The van der Waals surface area contributed by atoms with E-state index in [1.165, 1.54) is 48.2 Å². The van der Waals surface area contributed by atoms with Gasteiger partial charge in [0.1, 0.15) is 11.5 Å². The van der Waals surface area contributed by atoms with E-state index >= 15 is 0 Å². The van der Waals surface area contributed by atoms with Gasteiger partial charge in [0.15, 0.2) is 11.6 Å². The maximum Gasteiger partial charge on any atom is 0.280 e. The molecule has 0 N–H and O–H groups in total. The second-order valence-corrected chi connectivity index (χ2v) is 11.8. The Morgan fingerprint density at radius 2 is 1.64 bits per heavy atom. The molecule has 0 aliphatic rings. The highest BCUT2D eigenvalue weighted by Gasteiger charge is 2.21. The lowest BCUT2D eigenvalue weighted by Crippen LogP contribution is -2.19. The van der Waals surface area contributed by atoms with Gasteiger partial charge in [-0.3, -0.25) is 9.00 Å². The maximum absolute atomic E-state index is 14.5. The van der Waals surface area contributed by atoms with Crippen molar-refractivity contribution in [2.45, 2.75) is 36.9 Å². The minimum atomic E-state index is -2.96. The Bertz CT molecular complexity index is 1870. The number of nitrogens with zero attached hydrogens (tertiary/aromatic N) is 3. The molecule has 0 aliphatic carbocycles. The zero-order valence-electron chi connectivity index (χ0n) is 24.2. The molecule has 0 radical (unpaired) electrons. The highest BCUT2D eigenvalue weighted by Crippen LogP contribution is 2.28. The number of aromatic nitrogens is 3. The Hall–Kier alpha value is -4.64. The molecule has 45 heavy (non-hydrogen) atoms. The van der Waals surface area contributed by atoms with Crippen molar-refractivity contribution in [1.82, 2.24) is 14.5 Å². The van der Waals surface area contributed by atoms with Crippen molar-refractivity contribution in [3.8, 4) is 17.0 Å². The van der Waals surface area contributed by atoms with Gasteiger partial charge in [0, 0.05) is 23.6 Å². The normalized spacial score (nSPS) is 12.7. The summed E-state index contributed by atoms with van der Waals surface area (Å²) >= 11 is 0. The molecule has 3 aromatic carbocycles. The summed E-state index contributed by atoms with van der Waals surface area (Å²) in [5, 5.41) is -0.268. The minimum Gasteiger partial charge on any atom is -0.494 e. The molecule has 2 atom stereocenters. The first kappa shape index (κ1) is 31.8. The molecule has 0 spiro atoms. The fourth-order valence-electron chi connectivity index (χ4n) is 5.00. The minimum absolute atomic E-state index is 0.00203. The van der Waals surface area contributed by atoms with Gasteiger partial charge in [-0.1, -0.05) is 54.6 Å². The Morgan fingerprint density at radius 1 is 0.889 bits per heavy atom. The molecule has 232 valence electrons. The number of ether oxygens (including phenoxy) is 1. The number of alkyl halides is 2. The highest BCUT2D eigenvalue weighted by atomic mass is 32.2. The van der Waals surface area contributed by atoms with Crippen molar-refractivity contribution in [2.24, 2.45) is 0 Å². The Labute approximate surface area is 259 Å². The van der Waals surface area contributed by atoms with Crippen LogP contribution < -0.4 is 10.3 Å². The largest absolute Gasteiger partial charge is 0.494 e. The van der Waals surface area contributed by atoms with Gasteiger partial charge in [-0.25, -0.2) is 27.5 Å². The molecule has 0 amide bonds. The van der Waals surface area contributed by atoms with Crippen LogP contribution in [0.25, 0.3) is 11.3 Å². The number of methoxy groups -OCH3 is 1. The molecular formula is C34H29F4N3O3S. The summed E-state index contributed by atoms with van der Waals surface area (Å²) in [7, 11) is -0.527. The zero-order valence-corrected chi connectivity index (χ0v) is 25.0. The first-order valence-corrected chi connectivity index (χ1v) is 15.4. The van der Waals surface area contributed by atoms with Crippen LogP contribution in [0, 0.1) is 11.6 Å². The molecule has 2 unspecified atom stereocenters. The first-order valence-electron chi connectivity index (χ1n) is 14.1. The molecule has 0 bridgehead atoms. The first-order chi connectivity index (χ1) is 21.7. The summed E-state index contributed by atoms with van der Waals surface area (Å²) in [5.41, 5.74) is 1.29. The van der Waals surface area contributed by atoms with Crippen LogP contribution in [0.2, 0.25) is 0 Å². The van der Waals surface area contributed by atoms with E-state index in [-0.39, 0.29) is 40.6 Å². The number of halogens is 4. The van der Waals surface area contributed by atoms with Gasteiger partial charge in [-0.05, 0) is 65.8 Å². The fraction of sp³-hybridized carbons (Fsp3) is 0.206. The van der Waals surface area contributed by atoms with E-state index in [4.69, 9.17) is 4.74 Å². The second-order valence-electron chi connectivity index (χ2n) is 10.4. The fourth-order valence-corrected chi connectivity index (χ4v) is 6.09. The average molecular weight is 636 g/mol. The quantitative estimate of drug-likeness (QED) is 0.108. The van der Waals surface area contributed by atoms with E-state index in [9.17, 15) is 26.6 Å². The topological polar surface area (TPSA) is 74.1 Å². The van der Waals surface area contributed by atoms with Crippen LogP contribution in [-0.2, 0) is 23.8 Å². The van der Waals surface area contributed by atoms with Crippen molar-refractivity contribution >= 4 is 10.8 Å². The monoisotopic (exact) mass is 635 g/mol. The molecule has 0 fully saturated rings. The number of rotatable bonds is 12. The van der Waals surface area contributed by atoms with E-state index < -0.39 is 34.3 Å². The van der Waals surface area contributed by atoms with Gasteiger partial charge in [-0.15, -0.1) is 0 Å². The number of hydrogen-bond acceptors (Lipinski definition) is 5. The highest BCUT2D eigenvalue weighted by molar-refractivity contribution is 7.84. The number of benzene rings is 3. The standard InChI is InChI=1S/C34H29F4N3O3S/c1-44-31-13-11-22(17-28(31)36)20-41-21-26(12-14-32(41)42)29-19-30(33(37)38)40-34(39-29)45(43)16-15-24(23-7-3-2-4-8-23)18-25-9-5-6-10-27(25)35/h2-14,17,19,21,24,33H,15-16,18,20H2,1H3. The molecule has 11 heteroatoms. The van der Waals surface area contributed by atoms with Crippen molar-refractivity contribution in [1.29, 1.82) is 0 Å². The lowest BCUT2D eigenvalue weighted by atomic mass is 9.90. The van der Waals surface area contributed by atoms with Crippen LogP contribution in [0.4, 0.5) is 17.6 Å². The Kier molecular flexibility index (Phi) is 10.2. The average Bonchev–Trinajstić information content (AvgIpc) is 3.05. The Balaban J connectivity index is 1.41. The number of pyridine rings is 1. The summed E-state index contributed by atoms with van der Waals surface area (Å²) < 4.78 is 76.3. The molecule has 5 rings (SSSR count). The third-order valence-corrected chi connectivity index (χ3v) is 8.54. The van der Waals surface area contributed by atoms with Crippen LogP contribution >= 0.6 is 0 Å². The van der Waals surface area contributed by atoms with Gasteiger partial charge in [0.05, 0.1) is 30.1 Å². The van der Waals surface area contributed by atoms with Gasteiger partial charge < -0.3 is 9.30 Å². The van der Waals surface area contributed by atoms with Crippen LogP contribution in [-0.4, -0.2) is 31.6 Å². The number of hydrogen-bond donors (Lipinski definition) is 0. The van der Waals surface area contributed by atoms with Gasteiger partial charge in [-0.2, -0.15) is 0 Å². The van der Waals surface area contributed by atoms with E-state index in [2.05, 4.69) is 9.97 Å². The molecule has 2 heterocycles. The van der Waals surface area contributed by atoms with E-state index in [1.54, 1.807) is 24.3 Å². The smallest absolute Gasteiger partial charge is 0.280 e. The lowest BCUT2D eigenvalue weighted by Gasteiger charge is -2.18. The Morgan fingerprint density at radius 3 is 2.36 bits per heavy atom. The molecule has 5 aromatic rings. The molecule has 6 nitrogen and oxygen atoms in total. The predicted octanol–water partition coefficient (Wildman–Crippen LogP) is 7.10. The van der Waals surface area contributed by atoms with Crippen LogP contribution in [0.3, 0.4) is 0 Å². The lowest BCUT2D eigenvalue weighted by molar-refractivity contribution is 0.145. The summed E-state index contributed by atoms with van der Waals surface area (Å²) in [6.07, 6.45) is -0.828. The van der Waals surface area contributed by atoms with E-state index in [0.717, 1.165) is 11.6 Å². The van der Waals surface area contributed by atoms with Crippen LogP contribution in [0.5, 0.6) is 5.75 Å². The molecule has 2 aromatic heterocycles. The third-order valence-electron chi connectivity index (χ3n) is 7.35. The van der Waals surface area contributed by atoms with Crippen molar-refractivity contribution in [2.75, 3.05) is 12.9 Å². The van der Waals surface area contributed by atoms with Crippen LogP contribution in [0.1, 0.15) is 41.1 Å². The summed E-state index contributed by atoms with van der Waals surface area (Å²) in [6, 6.07) is 23.9. The van der Waals surface area contributed by atoms with E-state index in [0.29, 0.717) is 29.5 Å². The van der Waals surface area contributed by atoms with Crippen LogP contribution in [0.15, 0.2) is 107 Å². The molecular weight excluding hydrogens is 606 g/mol. The van der Waals surface area contributed by atoms with Crippen molar-refractivity contribution < 1.29 is 26.5 Å². The summed E-state index contributed by atoms with van der Waals surface area (Å²) in [6.45, 7) is 0.00203. The van der Waals surface area contributed by atoms with Crippen molar-refractivity contribution in [3.05, 3.63) is 142 Å². The molecule has 0 aliphatic heterocycles. The molecule has 0 saturated carbocycles. The van der Waals surface area contributed by atoms with Gasteiger partial charge in [0.2, 0.25) is 5.16 Å². The molecule has 0 saturated heterocycles. The van der Waals surface area contributed by atoms with E-state index in [1.807, 2.05) is 30.3 Å².